The molecule has 0 radical (unpaired) electrons. The van der Waals surface area contributed by atoms with Crippen LogP contribution in [-0.4, -0.2) is 23.9 Å². The molecule has 0 saturated carbocycles. The average Bonchev–Trinajstić information content (AvgIpc) is 2.12. The number of hydrogen-bond donors (Lipinski definition) is 1. The third-order valence-electron chi connectivity index (χ3n) is 2.25. The van der Waals surface area contributed by atoms with Gasteiger partial charge in [-0.05, 0) is 13.3 Å². The topological polar surface area (TPSA) is 37.3 Å². The molecule has 1 N–H and O–H groups in total. The van der Waals surface area contributed by atoms with E-state index in [-0.39, 0.29) is 0 Å². The van der Waals surface area contributed by atoms with E-state index < -0.39 is 36.2 Å². The molecule has 0 amide bonds. The fourth-order valence-electron chi connectivity index (χ4n) is 1.10. The van der Waals surface area contributed by atoms with Gasteiger partial charge in [0.25, 0.3) is 12.9 Å². The normalized spacial score (nSPS) is 13.7. The van der Waals surface area contributed by atoms with Crippen molar-refractivity contribution in [1.29, 1.82) is 0 Å². The van der Waals surface area contributed by atoms with Gasteiger partial charge in [-0.3, -0.25) is 0 Å². The van der Waals surface area contributed by atoms with Gasteiger partial charge < -0.3 is 5.11 Å². The molecule has 0 fully saturated rings. The summed E-state index contributed by atoms with van der Waals surface area (Å²) in [5.74, 6) is -1.48. The summed E-state index contributed by atoms with van der Waals surface area (Å²) in [5.41, 5.74) is -3.17. The molecule has 0 atom stereocenters. The highest BCUT2D eigenvalue weighted by molar-refractivity contribution is 5.85. The maximum atomic E-state index is 12.5. The fourth-order valence-corrected chi connectivity index (χ4v) is 1.10. The number of aliphatic carboxylic acids is 1. The highest BCUT2D eigenvalue weighted by Crippen LogP contribution is 2.39. The maximum absolute atomic E-state index is 12.5. The molecule has 0 unspecified atom stereocenters. The number of carboxylic acid groups (broad SMARTS) is 1. The van der Waals surface area contributed by atoms with Crippen LogP contribution in [0.5, 0.6) is 0 Å². The zero-order valence-electron chi connectivity index (χ0n) is 8.31. The van der Waals surface area contributed by atoms with Crippen molar-refractivity contribution < 1.29 is 27.5 Å². The Hall–Kier alpha value is -1.07. The Morgan fingerprint density at radius 3 is 1.93 bits per heavy atom. The molecule has 0 spiro atoms. The summed E-state index contributed by atoms with van der Waals surface area (Å²) in [7, 11) is 0. The lowest BCUT2D eigenvalue weighted by atomic mass is 9.84. The number of allylic oxidation sites excluding steroid dienone is 1. The van der Waals surface area contributed by atoms with E-state index in [0.717, 1.165) is 6.92 Å². The van der Waals surface area contributed by atoms with Crippen molar-refractivity contribution in [3.63, 3.8) is 0 Å². The summed E-state index contributed by atoms with van der Waals surface area (Å²) in [5, 5.41) is 8.45. The van der Waals surface area contributed by atoms with Crippen LogP contribution < -0.4 is 0 Å². The summed E-state index contributed by atoms with van der Waals surface area (Å²) in [6.45, 7) is 2.18. The Bertz CT molecular complexity index is 253. The lowest BCUT2D eigenvalue weighted by Crippen LogP contribution is -2.35. The monoisotopic (exact) mass is 228 g/mol. The van der Waals surface area contributed by atoms with Crippen molar-refractivity contribution in [1.82, 2.24) is 0 Å². The molecule has 15 heavy (non-hydrogen) atoms. The van der Waals surface area contributed by atoms with Gasteiger partial charge in [-0.1, -0.05) is 13.0 Å². The highest BCUT2D eigenvalue weighted by atomic mass is 19.3. The minimum atomic E-state index is -3.29. The van der Waals surface area contributed by atoms with Gasteiger partial charge >= 0.3 is 5.97 Å². The number of halogens is 4. The van der Waals surface area contributed by atoms with Crippen molar-refractivity contribution in [2.45, 2.75) is 33.1 Å². The quantitative estimate of drug-likeness (QED) is 0.580. The van der Waals surface area contributed by atoms with Gasteiger partial charge in [-0.2, -0.15) is 0 Å². The van der Waals surface area contributed by atoms with Crippen LogP contribution in [0.1, 0.15) is 20.3 Å². The molecule has 0 bridgehead atoms. The molecule has 0 aliphatic carbocycles. The van der Waals surface area contributed by atoms with E-state index in [1.807, 2.05) is 0 Å². The zero-order chi connectivity index (χ0) is 12.2. The molecule has 6 heteroatoms. The molecule has 0 aromatic carbocycles. The smallest absolute Gasteiger partial charge is 0.330 e. The summed E-state index contributed by atoms with van der Waals surface area (Å²) in [4.78, 5) is 10.4. The van der Waals surface area contributed by atoms with Crippen LogP contribution in [-0.2, 0) is 4.79 Å². The number of hydrogen-bond acceptors (Lipinski definition) is 1. The summed E-state index contributed by atoms with van der Waals surface area (Å²) < 4.78 is 50.0. The Balaban J connectivity index is 5.28. The van der Waals surface area contributed by atoms with Crippen molar-refractivity contribution in [2.24, 2.45) is 5.41 Å². The predicted octanol–water partition coefficient (Wildman–Crippen LogP) is 2.94. The van der Waals surface area contributed by atoms with E-state index in [0.29, 0.717) is 6.08 Å². The molecule has 0 aliphatic heterocycles. The van der Waals surface area contributed by atoms with E-state index in [4.69, 9.17) is 5.11 Å². The molecule has 0 saturated heterocycles. The second-order valence-corrected chi connectivity index (χ2v) is 3.20. The molecule has 0 rings (SSSR count). The van der Waals surface area contributed by atoms with Crippen molar-refractivity contribution in [3.8, 4) is 0 Å². The van der Waals surface area contributed by atoms with Crippen LogP contribution in [0.2, 0.25) is 0 Å². The predicted molar refractivity (Wildman–Crippen MR) is 46.1 cm³/mol. The summed E-state index contributed by atoms with van der Waals surface area (Å²) >= 11 is 0. The van der Waals surface area contributed by atoms with Gasteiger partial charge in [0.1, 0.15) is 5.41 Å². The molecule has 0 aromatic heterocycles. The second kappa shape index (κ2) is 5.14. The first-order valence-electron chi connectivity index (χ1n) is 4.27. The number of alkyl halides is 4. The van der Waals surface area contributed by atoms with Gasteiger partial charge in [0.15, 0.2) is 0 Å². The Morgan fingerprint density at radius 1 is 1.33 bits per heavy atom. The third-order valence-corrected chi connectivity index (χ3v) is 2.25. The van der Waals surface area contributed by atoms with Gasteiger partial charge in [0.2, 0.25) is 0 Å². The Labute approximate surface area is 84.6 Å². The SMILES string of the molecule is CCC(C=C(C)C(=O)O)(C(F)F)C(F)F. The first kappa shape index (κ1) is 13.9. The summed E-state index contributed by atoms with van der Waals surface area (Å²) in [6.07, 6.45) is -6.66. The Morgan fingerprint density at radius 2 is 1.73 bits per heavy atom. The lowest BCUT2D eigenvalue weighted by Gasteiger charge is -2.27. The van der Waals surface area contributed by atoms with Gasteiger partial charge in [-0.15, -0.1) is 0 Å². The Kier molecular flexibility index (Phi) is 4.77. The van der Waals surface area contributed by atoms with Gasteiger partial charge in [0.05, 0.1) is 0 Å². The van der Waals surface area contributed by atoms with Crippen LogP contribution >= 0.6 is 0 Å². The number of carbonyl (C=O) groups is 1. The average molecular weight is 228 g/mol. The highest BCUT2D eigenvalue weighted by Gasteiger charge is 2.45. The number of rotatable bonds is 5. The van der Waals surface area contributed by atoms with E-state index in [9.17, 15) is 22.4 Å². The van der Waals surface area contributed by atoms with Crippen molar-refractivity contribution >= 4 is 5.97 Å². The first-order valence-corrected chi connectivity index (χ1v) is 4.27. The van der Waals surface area contributed by atoms with Gasteiger partial charge in [0, 0.05) is 5.57 Å². The second-order valence-electron chi connectivity index (χ2n) is 3.20. The largest absolute Gasteiger partial charge is 0.478 e. The number of carboxylic acids is 1. The molecular weight excluding hydrogens is 216 g/mol. The standard InChI is InChI=1S/C9H12F4O2/c1-3-9(7(10)11,8(12)13)4-5(2)6(14)15/h4,7-8H,3H2,1-2H3,(H,14,15). The van der Waals surface area contributed by atoms with E-state index in [1.54, 1.807) is 0 Å². The van der Waals surface area contributed by atoms with E-state index in [1.165, 1.54) is 6.92 Å². The van der Waals surface area contributed by atoms with E-state index in [2.05, 4.69) is 0 Å². The van der Waals surface area contributed by atoms with Crippen LogP contribution in [0.3, 0.4) is 0 Å². The zero-order valence-corrected chi connectivity index (χ0v) is 8.31. The van der Waals surface area contributed by atoms with Crippen molar-refractivity contribution in [2.75, 3.05) is 0 Å². The lowest BCUT2D eigenvalue weighted by molar-refractivity contribution is -0.132. The first-order chi connectivity index (χ1) is 6.77. The minimum Gasteiger partial charge on any atom is -0.478 e. The van der Waals surface area contributed by atoms with Gasteiger partial charge in [-0.25, -0.2) is 22.4 Å². The third kappa shape index (κ3) is 2.94. The fraction of sp³-hybridized carbons (Fsp3) is 0.667. The molecule has 2 nitrogen and oxygen atoms in total. The van der Waals surface area contributed by atoms with Crippen LogP contribution in [0.25, 0.3) is 0 Å². The molecular formula is C9H12F4O2. The minimum absolute atomic E-state index is 0.449. The van der Waals surface area contributed by atoms with Crippen molar-refractivity contribution in [3.05, 3.63) is 11.6 Å². The van der Waals surface area contributed by atoms with Crippen LogP contribution in [0.15, 0.2) is 11.6 Å². The van der Waals surface area contributed by atoms with E-state index >= 15 is 0 Å². The molecule has 88 valence electrons. The molecule has 0 aliphatic rings. The maximum Gasteiger partial charge on any atom is 0.330 e. The van der Waals surface area contributed by atoms with Crippen LogP contribution in [0, 0.1) is 5.41 Å². The summed E-state index contributed by atoms with van der Waals surface area (Å²) in [6, 6.07) is 0. The van der Waals surface area contributed by atoms with Crippen LogP contribution in [0.4, 0.5) is 17.6 Å². The molecule has 0 aromatic rings. The molecule has 0 heterocycles.